The first-order chi connectivity index (χ1) is 16.1. The van der Waals surface area contributed by atoms with E-state index in [9.17, 15) is 4.79 Å². The lowest BCUT2D eigenvalue weighted by molar-refractivity contribution is -0.135. The van der Waals surface area contributed by atoms with Crippen LogP contribution in [0.2, 0.25) is 0 Å². The quantitative estimate of drug-likeness (QED) is 0.449. The average Bonchev–Trinajstić information content (AvgIpc) is 3.50. The van der Waals surface area contributed by atoms with E-state index in [1.165, 1.54) is 0 Å². The Labute approximate surface area is 191 Å². The van der Waals surface area contributed by atoms with Crippen LogP contribution in [0, 0.1) is 0 Å². The molecule has 0 bridgehead atoms. The number of rotatable bonds is 6. The highest BCUT2D eigenvalue weighted by molar-refractivity contribution is 5.77. The molecule has 4 aromatic rings. The molecule has 0 saturated carbocycles. The smallest absolute Gasteiger partial charge is 0.232 e. The van der Waals surface area contributed by atoms with Crippen LogP contribution in [0.4, 0.5) is 0 Å². The van der Waals surface area contributed by atoms with Crippen LogP contribution in [0.15, 0.2) is 65.7 Å². The van der Waals surface area contributed by atoms with Gasteiger partial charge in [0.25, 0.3) is 0 Å². The summed E-state index contributed by atoms with van der Waals surface area (Å²) >= 11 is 0. The number of hydrogen-bond donors (Lipinski definition) is 0. The second-order valence-corrected chi connectivity index (χ2v) is 8.17. The highest BCUT2D eigenvalue weighted by Crippen LogP contribution is 2.42. The van der Waals surface area contributed by atoms with Gasteiger partial charge in [0.1, 0.15) is 12.4 Å². The minimum atomic E-state index is -0.198. The van der Waals surface area contributed by atoms with Crippen LogP contribution in [0.25, 0.3) is 11.4 Å². The van der Waals surface area contributed by atoms with E-state index < -0.39 is 0 Å². The van der Waals surface area contributed by atoms with E-state index in [1.807, 2.05) is 56.7 Å². The summed E-state index contributed by atoms with van der Waals surface area (Å²) in [6, 6.07) is 11.2. The fourth-order valence-electron chi connectivity index (χ4n) is 4.20. The molecule has 1 fully saturated rings. The van der Waals surface area contributed by atoms with Gasteiger partial charge in [0.05, 0.1) is 18.2 Å². The zero-order valence-corrected chi connectivity index (χ0v) is 18.5. The Morgan fingerprint density at radius 2 is 2.00 bits per heavy atom. The zero-order valence-electron chi connectivity index (χ0n) is 18.5. The number of hydrogen-bond acceptors (Lipinski definition) is 7. The Balaban J connectivity index is 1.33. The lowest BCUT2D eigenvalue weighted by atomic mass is 9.85. The molecule has 0 aliphatic carbocycles. The largest absolute Gasteiger partial charge is 0.489 e. The van der Waals surface area contributed by atoms with Gasteiger partial charge in [0.15, 0.2) is 0 Å². The standard InChI is InChI=1S/C24H24N6O3/c1-29-14-18(13-26-29)22-20(9-10-21(31)30(22)2)24-27-23(28-33-24)17-5-7-19(8-6-17)32-15-16-4-3-11-25-12-16/h3-8,11-14,20,22H,9-10,15H2,1-2H3/t20-,22+/m0/s1. The number of pyridine rings is 1. The summed E-state index contributed by atoms with van der Waals surface area (Å²) in [6.45, 7) is 0.448. The van der Waals surface area contributed by atoms with Gasteiger partial charge in [-0.05, 0) is 36.8 Å². The molecular weight excluding hydrogens is 420 g/mol. The number of aromatic nitrogens is 5. The van der Waals surface area contributed by atoms with Crippen LogP contribution in [-0.4, -0.2) is 42.8 Å². The van der Waals surface area contributed by atoms with E-state index in [2.05, 4.69) is 20.2 Å². The van der Waals surface area contributed by atoms with Crippen LogP contribution in [-0.2, 0) is 18.4 Å². The van der Waals surface area contributed by atoms with Crippen LogP contribution in [0.1, 0.15) is 41.8 Å². The van der Waals surface area contributed by atoms with E-state index in [0.717, 1.165) is 22.4 Å². The topological polar surface area (TPSA) is 99.2 Å². The van der Waals surface area contributed by atoms with Gasteiger partial charge in [-0.1, -0.05) is 11.2 Å². The molecule has 9 nitrogen and oxygen atoms in total. The molecule has 9 heteroatoms. The first-order valence-corrected chi connectivity index (χ1v) is 10.8. The lowest BCUT2D eigenvalue weighted by Crippen LogP contribution is -2.39. The van der Waals surface area contributed by atoms with Gasteiger partial charge < -0.3 is 14.2 Å². The molecule has 1 aliphatic heterocycles. The third-order valence-electron chi connectivity index (χ3n) is 5.93. The zero-order chi connectivity index (χ0) is 22.8. The van der Waals surface area contributed by atoms with Crippen molar-refractivity contribution in [3.8, 4) is 17.1 Å². The molecule has 1 aliphatic rings. The minimum absolute atomic E-state index is 0.0970. The van der Waals surface area contributed by atoms with Crippen LogP contribution < -0.4 is 4.74 Å². The first kappa shape index (κ1) is 20.9. The van der Waals surface area contributed by atoms with E-state index in [4.69, 9.17) is 9.26 Å². The summed E-state index contributed by atoms with van der Waals surface area (Å²) in [5, 5.41) is 8.47. The van der Waals surface area contributed by atoms with Crippen molar-refractivity contribution in [3.63, 3.8) is 0 Å². The summed E-state index contributed by atoms with van der Waals surface area (Å²) in [5.74, 6) is 1.78. The van der Waals surface area contributed by atoms with Gasteiger partial charge in [-0.25, -0.2) is 0 Å². The Bertz CT molecular complexity index is 1230. The number of carbonyl (C=O) groups is 1. The van der Waals surface area contributed by atoms with Crippen molar-refractivity contribution in [2.75, 3.05) is 7.05 Å². The Morgan fingerprint density at radius 3 is 2.73 bits per heavy atom. The van der Waals surface area contributed by atoms with Crippen LogP contribution in [0.5, 0.6) is 5.75 Å². The van der Waals surface area contributed by atoms with Crippen molar-refractivity contribution < 1.29 is 14.1 Å². The Morgan fingerprint density at radius 1 is 1.15 bits per heavy atom. The molecule has 0 radical (unpaired) electrons. The third-order valence-corrected chi connectivity index (χ3v) is 5.93. The summed E-state index contributed by atoms with van der Waals surface area (Å²) in [7, 11) is 3.67. The molecule has 0 spiro atoms. The highest BCUT2D eigenvalue weighted by Gasteiger charge is 2.39. The monoisotopic (exact) mass is 444 g/mol. The maximum Gasteiger partial charge on any atom is 0.232 e. The lowest BCUT2D eigenvalue weighted by Gasteiger charge is -2.36. The number of ether oxygens (including phenoxy) is 1. The molecule has 5 rings (SSSR count). The predicted octanol–water partition coefficient (Wildman–Crippen LogP) is 3.52. The molecule has 1 aromatic carbocycles. The molecular formula is C24H24N6O3. The number of nitrogens with zero attached hydrogens (tertiary/aromatic N) is 6. The van der Waals surface area contributed by atoms with Gasteiger partial charge in [-0.15, -0.1) is 0 Å². The van der Waals surface area contributed by atoms with Gasteiger partial charge in [-0.2, -0.15) is 10.1 Å². The van der Waals surface area contributed by atoms with Crippen molar-refractivity contribution in [1.82, 2.24) is 29.8 Å². The van der Waals surface area contributed by atoms with Crippen molar-refractivity contribution >= 4 is 5.91 Å². The molecule has 168 valence electrons. The number of likely N-dealkylation sites (tertiary alicyclic amines) is 1. The second-order valence-electron chi connectivity index (χ2n) is 8.17. The van der Waals surface area contributed by atoms with E-state index in [1.54, 1.807) is 28.2 Å². The van der Waals surface area contributed by atoms with Gasteiger partial charge in [-0.3, -0.25) is 14.5 Å². The Kier molecular flexibility index (Phi) is 5.60. The number of benzene rings is 1. The molecule has 2 atom stereocenters. The fourth-order valence-corrected chi connectivity index (χ4v) is 4.20. The van der Waals surface area contributed by atoms with Crippen molar-refractivity contribution in [1.29, 1.82) is 0 Å². The van der Waals surface area contributed by atoms with E-state index in [0.29, 0.717) is 31.2 Å². The summed E-state index contributed by atoms with van der Waals surface area (Å²) < 4.78 is 13.2. The first-order valence-electron chi connectivity index (χ1n) is 10.8. The molecule has 3 aromatic heterocycles. The third kappa shape index (κ3) is 4.34. The van der Waals surface area contributed by atoms with Crippen molar-refractivity contribution in [2.24, 2.45) is 7.05 Å². The SMILES string of the molecule is CN1C(=O)CC[C@H](c2nc(-c3ccc(OCc4cccnc4)cc3)no2)[C@H]1c1cnn(C)c1. The second kappa shape index (κ2) is 8.85. The van der Waals surface area contributed by atoms with Crippen LogP contribution >= 0.6 is 0 Å². The normalized spacial score (nSPS) is 18.5. The van der Waals surface area contributed by atoms with Crippen LogP contribution in [0.3, 0.4) is 0 Å². The number of aryl methyl sites for hydroxylation is 1. The van der Waals surface area contributed by atoms with E-state index >= 15 is 0 Å². The molecule has 4 heterocycles. The molecule has 0 unspecified atom stereocenters. The van der Waals surface area contributed by atoms with Crippen molar-refractivity contribution in [2.45, 2.75) is 31.4 Å². The summed E-state index contributed by atoms with van der Waals surface area (Å²) in [5.41, 5.74) is 2.79. The molecule has 1 amide bonds. The number of amides is 1. The predicted molar refractivity (Wildman–Crippen MR) is 119 cm³/mol. The molecule has 33 heavy (non-hydrogen) atoms. The number of carbonyl (C=O) groups excluding carboxylic acids is 1. The van der Waals surface area contributed by atoms with Crippen molar-refractivity contribution in [3.05, 3.63) is 78.2 Å². The maximum absolute atomic E-state index is 12.4. The fraction of sp³-hybridized carbons (Fsp3) is 0.292. The molecule has 0 N–H and O–H groups in total. The number of likely N-dealkylation sites (N-methyl/N-ethyl adjacent to an activating group) is 1. The average molecular weight is 444 g/mol. The summed E-state index contributed by atoms with van der Waals surface area (Å²) in [4.78, 5) is 22.9. The van der Waals surface area contributed by atoms with E-state index in [-0.39, 0.29) is 17.9 Å². The van der Waals surface area contributed by atoms with Gasteiger partial charge in [0.2, 0.25) is 17.6 Å². The Hall–Kier alpha value is -4.01. The summed E-state index contributed by atoms with van der Waals surface area (Å²) in [6.07, 6.45) is 8.32. The number of piperidine rings is 1. The highest BCUT2D eigenvalue weighted by atomic mass is 16.5. The van der Waals surface area contributed by atoms with Gasteiger partial charge >= 0.3 is 0 Å². The maximum atomic E-state index is 12.4. The van der Waals surface area contributed by atoms with Gasteiger partial charge in [0, 0.05) is 55.8 Å². The molecule has 1 saturated heterocycles. The minimum Gasteiger partial charge on any atom is -0.489 e.